The third-order valence-corrected chi connectivity index (χ3v) is 3.26. The lowest BCUT2D eigenvalue weighted by Crippen LogP contribution is -2.28. The standard InChI is InChI=1S/C14H24ClN3/c1-4-18(9-5-8-17(2)3)14-10-13(15)7-6-12(14)11-16/h6-7,10H,4-5,8-9,11,16H2,1-3H3. The summed E-state index contributed by atoms with van der Waals surface area (Å²) in [5, 5.41) is 0.772. The van der Waals surface area contributed by atoms with Crippen LogP contribution in [0.4, 0.5) is 5.69 Å². The van der Waals surface area contributed by atoms with Crippen LogP contribution in [0.25, 0.3) is 0 Å². The van der Waals surface area contributed by atoms with E-state index in [0.717, 1.165) is 36.6 Å². The molecule has 0 spiro atoms. The van der Waals surface area contributed by atoms with Gasteiger partial charge in [-0.2, -0.15) is 0 Å². The van der Waals surface area contributed by atoms with Gasteiger partial charge in [0.15, 0.2) is 0 Å². The van der Waals surface area contributed by atoms with E-state index in [4.69, 9.17) is 17.3 Å². The van der Waals surface area contributed by atoms with Gasteiger partial charge in [-0.15, -0.1) is 0 Å². The van der Waals surface area contributed by atoms with Gasteiger partial charge < -0.3 is 15.5 Å². The summed E-state index contributed by atoms with van der Waals surface area (Å²) < 4.78 is 0. The van der Waals surface area contributed by atoms with Crippen LogP contribution in [0.2, 0.25) is 5.02 Å². The van der Waals surface area contributed by atoms with E-state index >= 15 is 0 Å². The molecule has 0 aliphatic rings. The van der Waals surface area contributed by atoms with Gasteiger partial charge in [0, 0.05) is 30.3 Å². The Morgan fingerprint density at radius 3 is 2.50 bits per heavy atom. The highest BCUT2D eigenvalue weighted by molar-refractivity contribution is 6.30. The van der Waals surface area contributed by atoms with Crippen LogP contribution in [0.3, 0.4) is 0 Å². The molecule has 0 aliphatic carbocycles. The second-order valence-electron chi connectivity index (χ2n) is 4.71. The fourth-order valence-corrected chi connectivity index (χ4v) is 2.20. The van der Waals surface area contributed by atoms with Gasteiger partial charge >= 0.3 is 0 Å². The summed E-state index contributed by atoms with van der Waals surface area (Å²) in [6.45, 7) is 5.81. The number of halogens is 1. The summed E-state index contributed by atoms with van der Waals surface area (Å²) in [6, 6.07) is 5.94. The zero-order chi connectivity index (χ0) is 13.5. The molecule has 18 heavy (non-hydrogen) atoms. The Hall–Kier alpha value is -0.770. The number of rotatable bonds is 7. The summed E-state index contributed by atoms with van der Waals surface area (Å²) in [4.78, 5) is 4.55. The average molecular weight is 270 g/mol. The van der Waals surface area contributed by atoms with Crippen LogP contribution < -0.4 is 10.6 Å². The van der Waals surface area contributed by atoms with Crippen molar-refractivity contribution in [2.45, 2.75) is 19.9 Å². The second kappa shape index (κ2) is 7.62. The number of hydrogen-bond donors (Lipinski definition) is 1. The molecule has 1 rings (SSSR count). The lowest BCUT2D eigenvalue weighted by atomic mass is 10.1. The van der Waals surface area contributed by atoms with Crippen LogP contribution in [0.1, 0.15) is 18.9 Å². The van der Waals surface area contributed by atoms with Crippen LogP contribution in [0.15, 0.2) is 18.2 Å². The van der Waals surface area contributed by atoms with Crippen molar-refractivity contribution in [3.8, 4) is 0 Å². The highest BCUT2D eigenvalue weighted by atomic mass is 35.5. The molecule has 0 amide bonds. The summed E-state index contributed by atoms with van der Waals surface area (Å²) in [5.74, 6) is 0. The molecule has 0 unspecified atom stereocenters. The first-order valence-corrected chi connectivity index (χ1v) is 6.84. The second-order valence-corrected chi connectivity index (χ2v) is 5.15. The monoisotopic (exact) mass is 269 g/mol. The minimum Gasteiger partial charge on any atom is -0.371 e. The first-order valence-electron chi connectivity index (χ1n) is 6.46. The SMILES string of the molecule is CCN(CCCN(C)C)c1cc(Cl)ccc1CN. The van der Waals surface area contributed by atoms with Crippen molar-refractivity contribution in [2.24, 2.45) is 5.73 Å². The van der Waals surface area contributed by atoms with E-state index in [1.54, 1.807) is 0 Å². The molecule has 0 fully saturated rings. The molecule has 0 bridgehead atoms. The van der Waals surface area contributed by atoms with Gasteiger partial charge in [0.05, 0.1) is 0 Å². The third kappa shape index (κ3) is 4.48. The molecule has 4 heteroatoms. The summed E-state index contributed by atoms with van der Waals surface area (Å²) in [7, 11) is 4.20. The van der Waals surface area contributed by atoms with Crippen LogP contribution in [-0.4, -0.2) is 38.6 Å². The molecular formula is C14H24ClN3. The molecule has 1 aromatic carbocycles. The molecule has 0 radical (unpaired) electrons. The van der Waals surface area contributed by atoms with E-state index in [-0.39, 0.29) is 0 Å². The molecule has 0 heterocycles. The molecular weight excluding hydrogens is 246 g/mol. The van der Waals surface area contributed by atoms with Gasteiger partial charge in [-0.1, -0.05) is 17.7 Å². The third-order valence-electron chi connectivity index (χ3n) is 3.02. The van der Waals surface area contributed by atoms with E-state index in [0.29, 0.717) is 6.54 Å². The van der Waals surface area contributed by atoms with Crippen molar-refractivity contribution < 1.29 is 0 Å². The van der Waals surface area contributed by atoms with E-state index in [9.17, 15) is 0 Å². The van der Waals surface area contributed by atoms with Crippen molar-refractivity contribution in [3.63, 3.8) is 0 Å². The quantitative estimate of drug-likeness (QED) is 0.826. The van der Waals surface area contributed by atoms with Crippen LogP contribution in [0, 0.1) is 0 Å². The first kappa shape index (κ1) is 15.3. The molecule has 0 atom stereocenters. The zero-order valence-electron chi connectivity index (χ0n) is 11.6. The van der Waals surface area contributed by atoms with Gasteiger partial charge in [0.1, 0.15) is 0 Å². The molecule has 0 saturated carbocycles. The number of nitrogens with zero attached hydrogens (tertiary/aromatic N) is 2. The fraction of sp³-hybridized carbons (Fsp3) is 0.571. The van der Waals surface area contributed by atoms with Crippen molar-refractivity contribution >= 4 is 17.3 Å². The largest absolute Gasteiger partial charge is 0.371 e. The minimum absolute atomic E-state index is 0.552. The van der Waals surface area contributed by atoms with Crippen molar-refractivity contribution in [1.82, 2.24) is 4.90 Å². The first-order chi connectivity index (χ1) is 8.58. The van der Waals surface area contributed by atoms with E-state index in [2.05, 4.69) is 30.8 Å². The maximum absolute atomic E-state index is 6.08. The van der Waals surface area contributed by atoms with Gasteiger partial charge in [0.25, 0.3) is 0 Å². The molecule has 3 nitrogen and oxygen atoms in total. The van der Waals surface area contributed by atoms with Gasteiger partial charge in [-0.05, 0) is 51.7 Å². The van der Waals surface area contributed by atoms with Crippen LogP contribution >= 0.6 is 11.6 Å². The Morgan fingerprint density at radius 1 is 1.22 bits per heavy atom. The number of nitrogens with two attached hydrogens (primary N) is 1. The van der Waals surface area contributed by atoms with E-state index in [1.807, 2.05) is 18.2 Å². The number of benzene rings is 1. The topological polar surface area (TPSA) is 32.5 Å². The summed E-state index contributed by atoms with van der Waals surface area (Å²) >= 11 is 6.08. The molecule has 102 valence electrons. The molecule has 2 N–H and O–H groups in total. The average Bonchev–Trinajstić information content (AvgIpc) is 2.34. The predicted octanol–water partition coefficient (Wildman–Crippen LogP) is 2.58. The Balaban J connectivity index is 2.77. The van der Waals surface area contributed by atoms with Crippen LogP contribution in [-0.2, 0) is 6.54 Å². The maximum atomic E-state index is 6.08. The van der Waals surface area contributed by atoms with Crippen molar-refractivity contribution in [3.05, 3.63) is 28.8 Å². The summed E-state index contributed by atoms with van der Waals surface area (Å²) in [6.07, 6.45) is 1.14. The van der Waals surface area contributed by atoms with Crippen molar-refractivity contribution in [1.29, 1.82) is 0 Å². The molecule has 1 aromatic rings. The molecule has 0 saturated heterocycles. The van der Waals surface area contributed by atoms with Gasteiger partial charge in [0.2, 0.25) is 0 Å². The predicted molar refractivity (Wildman–Crippen MR) is 80.4 cm³/mol. The Morgan fingerprint density at radius 2 is 1.94 bits per heavy atom. The Labute approximate surface area is 116 Å². The highest BCUT2D eigenvalue weighted by Crippen LogP contribution is 2.24. The Bertz CT molecular complexity index is 366. The van der Waals surface area contributed by atoms with E-state index in [1.165, 1.54) is 5.69 Å². The fourth-order valence-electron chi connectivity index (χ4n) is 2.03. The van der Waals surface area contributed by atoms with Gasteiger partial charge in [-0.25, -0.2) is 0 Å². The summed E-state index contributed by atoms with van der Waals surface area (Å²) in [5.41, 5.74) is 8.12. The smallest absolute Gasteiger partial charge is 0.0426 e. The van der Waals surface area contributed by atoms with E-state index < -0.39 is 0 Å². The lowest BCUT2D eigenvalue weighted by molar-refractivity contribution is 0.400. The minimum atomic E-state index is 0.552. The highest BCUT2D eigenvalue weighted by Gasteiger charge is 2.09. The Kier molecular flexibility index (Phi) is 6.47. The number of hydrogen-bond acceptors (Lipinski definition) is 3. The maximum Gasteiger partial charge on any atom is 0.0426 e. The van der Waals surface area contributed by atoms with Crippen molar-refractivity contribution in [2.75, 3.05) is 38.6 Å². The zero-order valence-corrected chi connectivity index (χ0v) is 12.4. The van der Waals surface area contributed by atoms with Crippen LogP contribution in [0.5, 0.6) is 0 Å². The lowest BCUT2D eigenvalue weighted by Gasteiger charge is -2.26. The number of anilines is 1. The molecule has 0 aromatic heterocycles. The molecule has 0 aliphatic heterocycles. The normalized spacial score (nSPS) is 11.0. The van der Waals surface area contributed by atoms with Gasteiger partial charge in [-0.3, -0.25) is 0 Å².